The van der Waals surface area contributed by atoms with Gasteiger partial charge in [-0.3, -0.25) is 4.79 Å². The molecule has 38 heavy (non-hydrogen) atoms. The fourth-order valence-electron chi connectivity index (χ4n) is 4.53. The first-order valence-electron chi connectivity index (χ1n) is 14.1. The van der Waals surface area contributed by atoms with Gasteiger partial charge in [-0.15, -0.1) is 0 Å². The van der Waals surface area contributed by atoms with Gasteiger partial charge >= 0.3 is 17.9 Å². The number of aliphatic hydroxyl groups excluding tert-OH is 1. The number of nitrogens with zero attached hydrogens (tertiary/aromatic N) is 1. The van der Waals surface area contributed by atoms with Gasteiger partial charge in [0.25, 0.3) is 0 Å². The number of esters is 3. The van der Waals surface area contributed by atoms with E-state index in [1.165, 1.54) is 38.2 Å². The number of methoxy groups -OCH3 is 1. The molecule has 1 rings (SSSR count). The Kier molecular flexibility index (Phi) is 15.2. The maximum atomic E-state index is 13.3. The van der Waals surface area contributed by atoms with Crippen LogP contribution in [0.4, 0.5) is 0 Å². The fourth-order valence-corrected chi connectivity index (χ4v) is 4.53. The van der Waals surface area contributed by atoms with Crippen LogP contribution in [-0.2, 0) is 33.4 Å². The maximum Gasteiger partial charge on any atom is 0.348 e. The van der Waals surface area contributed by atoms with Gasteiger partial charge in [0, 0.05) is 12.5 Å². The Hall–Kier alpha value is -2.42. The Bertz CT molecular complexity index is 810. The third-order valence-corrected chi connectivity index (χ3v) is 7.37. The average Bonchev–Trinajstić information content (AvgIpc) is 3.41. The molecule has 0 spiro atoms. The molecule has 0 aromatic heterocycles. The number of likely N-dealkylation sites (tertiary alicyclic amines) is 1. The number of carbonyl (C=O) groups is 4. The Morgan fingerprint density at radius 1 is 1.00 bits per heavy atom. The van der Waals surface area contributed by atoms with Gasteiger partial charge in [0.1, 0.15) is 6.04 Å². The van der Waals surface area contributed by atoms with Crippen LogP contribution in [0.15, 0.2) is 11.6 Å². The number of unbranched alkanes of at least 4 members (excludes halogenated alkanes) is 5. The molecule has 1 unspecified atom stereocenters. The molecule has 9 nitrogen and oxygen atoms in total. The summed E-state index contributed by atoms with van der Waals surface area (Å²) in [5.74, 6) is -3.65. The van der Waals surface area contributed by atoms with Crippen LogP contribution in [0.1, 0.15) is 99.3 Å². The summed E-state index contributed by atoms with van der Waals surface area (Å²) < 4.78 is 15.4. The minimum atomic E-state index is -1.22. The zero-order valence-electron chi connectivity index (χ0n) is 24.4. The van der Waals surface area contributed by atoms with E-state index in [1.54, 1.807) is 13.8 Å². The van der Waals surface area contributed by atoms with E-state index in [-0.39, 0.29) is 11.8 Å². The molecular formula is C29H49NO8. The topological polar surface area (TPSA) is 119 Å². The molecule has 0 bridgehead atoms. The van der Waals surface area contributed by atoms with E-state index < -0.39 is 48.2 Å². The molecule has 1 heterocycles. The van der Waals surface area contributed by atoms with Crippen LogP contribution in [0.5, 0.6) is 0 Å². The zero-order chi connectivity index (χ0) is 28.8. The lowest BCUT2D eigenvalue weighted by Gasteiger charge is -2.30. The number of carbonyl (C=O) groups excluding carboxylic acids is 4. The summed E-state index contributed by atoms with van der Waals surface area (Å²) >= 11 is 0. The number of hydrogen-bond acceptors (Lipinski definition) is 8. The SMILES string of the molecule is CCCCCCC/C=C(\C)C(O)[C@@H](C)C(=O)N1CCC[C@H]1C(=O)O[C@@H](C(=O)O[C@@H](C)C(=O)OC)[C@@H](C)CC. The van der Waals surface area contributed by atoms with Gasteiger partial charge in [-0.2, -0.15) is 0 Å². The van der Waals surface area contributed by atoms with Crippen molar-refractivity contribution < 1.29 is 38.5 Å². The van der Waals surface area contributed by atoms with Crippen molar-refractivity contribution in [3.8, 4) is 0 Å². The number of amides is 1. The summed E-state index contributed by atoms with van der Waals surface area (Å²) in [4.78, 5) is 52.3. The van der Waals surface area contributed by atoms with Crippen LogP contribution in [0.3, 0.4) is 0 Å². The smallest absolute Gasteiger partial charge is 0.348 e. The van der Waals surface area contributed by atoms with Crippen molar-refractivity contribution in [2.75, 3.05) is 13.7 Å². The molecule has 1 amide bonds. The molecule has 0 aromatic carbocycles. The summed E-state index contributed by atoms with van der Waals surface area (Å²) in [5, 5.41) is 10.8. The zero-order valence-corrected chi connectivity index (χ0v) is 24.4. The first-order chi connectivity index (χ1) is 18.0. The molecule has 1 fully saturated rings. The highest BCUT2D eigenvalue weighted by Gasteiger charge is 2.41. The van der Waals surface area contributed by atoms with Gasteiger partial charge in [-0.1, -0.05) is 59.5 Å². The Labute approximate surface area is 228 Å². The predicted molar refractivity (Wildman–Crippen MR) is 144 cm³/mol. The van der Waals surface area contributed by atoms with Crippen molar-refractivity contribution in [2.45, 2.75) is 124 Å². The van der Waals surface area contributed by atoms with Gasteiger partial charge in [0.15, 0.2) is 6.10 Å². The third-order valence-electron chi connectivity index (χ3n) is 7.37. The fraction of sp³-hybridized carbons (Fsp3) is 0.793. The number of rotatable bonds is 16. The molecular weight excluding hydrogens is 490 g/mol. The van der Waals surface area contributed by atoms with E-state index >= 15 is 0 Å². The van der Waals surface area contributed by atoms with E-state index in [1.807, 2.05) is 19.9 Å². The molecule has 1 N–H and O–H groups in total. The molecule has 0 aliphatic carbocycles. The third kappa shape index (κ3) is 10.0. The second-order valence-corrected chi connectivity index (χ2v) is 10.4. The highest BCUT2D eigenvalue weighted by atomic mass is 16.6. The minimum Gasteiger partial charge on any atom is -0.466 e. The standard InChI is InChI=1S/C29H49NO8/c1-8-10-11-12-13-14-16-20(4)24(31)21(5)26(32)30-18-15-17-23(30)28(34)38-25(19(3)9-2)29(35)37-22(6)27(33)36-7/h16,19,21-25,31H,8-15,17-18H2,1-7H3/b20-16+/t19-,21+,22-,23-,24?,25+/m0/s1. The monoisotopic (exact) mass is 539 g/mol. The molecule has 1 saturated heterocycles. The second-order valence-electron chi connectivity index (χ2n) is 10.4. The van der Waals surface area contributed by atoms with Crippen molar-refractivity contribution in [3.63, 3.8) is 0 Å². The lowest BCUT2D eigenvalue weighted by molar-refractivity contribution is -0.182. The van der Waals surface area contributed by atoms with E-state index in [0.29, 0.717) is 25.8 Å². The number of ether oxygens (including phenoxy) is 3. The normalized spacial score (nSPS) is 19.7. The molecule has 6 atom stereocenters. The van der Waals surface area contributed by atoms with Crippen LogP contribution in [-0.4, -0.2) is 71.8 Å². The molecule has 0 radical (unpaired) electrons. The second kappa shape index (κ2) is 17.2. The Balaban J connectivity index is 2.84. The Morgan fingerprint density at radius 2 is 1.66 bits per heavy atom. The lowest BCUT2D eigenvalue weighted by atomic mass is 9.95. The maximum absolute atomic E-state index is 13.3. The largest absolute Gasteiger partial charge is 0.466 e. The van der Waals surface area contributed by atoms with Crippen LogP contribution in [0.2, 0.25) is 0 Å². The number of aliphatic hydroxyl groups is 1. The van der Waals surface area contributed by atoms with Crippen molar-refractivity contribution in [1.82, 2.24) is 4.90 Å². The van der Waals surface area contributed by atoms with Crippen molar-refractivity contribution in [3.05, 3.63) is 11.6 Å². The van der Waals surface area contributed by atoms with Crippen molar-refractivity contribution >= 4 is 23.8 Å². The first kappa shape index (κ1) is 33.6. The van der Waals surface area contributed by atoms with E-state index in [4.69, 9.17) is 9.47 Å². The molecule has 1 aliphatic heterocycles. The minimum absolute atomic E-state index is 0.324. The Morgan fingerprint density at radius 3 is 2.26 bits per heavy atom. The van der Waals surface area contributed by atoms with E-state index in [2.05, 4.69) is 11.7 Å². The summed E-state index contributed by atoms with van der Waals surface area (Å²) in [6.45, 7) is 11.0. The van der Waals surface area contributed by atoms with Crippen LogP contribution in [0.25, 0.3) is 0 Å². The number of hydrogen-bond donors (Lipinski definition) is 1. The number of allylic oxidation sites excluding steroid dienone is 1. The first-order valence-corrected chi connectivity index (χ1v) is 14.1. The van der Waals surface area contributed by atoms with Crippen molar-refractivity contribution in [1.29, 1.82) is 0 Å². The van der Waals surface area contributed by atoms with Gasteiger partial charge in [0.05, 0.1) is 19.1 Å². The van der Waals surface area contributed by atoms with Gasteiger partial charge in [-0.05, 0) is 51.5 Å². The summed E-state index contributed by atoms with van der Waals surface area (Å²) in [6.07, 6.45) is 6.89. The van der Waals surface area contributed by atoms with Crippen LogP contribution < -0.4 is 0 Å². The van der Waals surface area contributed by atoms with Crippen LogP contribution >= 0.6 is 0 Å². The van der Waals surface area contributed by atoms with Gasteiger partial charge in [0.2, 0.25) is 12.0 Å². The molecule has 0 aromatic rings. The molecule has 9 heteroatoms. The lowest BCUT2D eigenvalue weighted by Crippen LogP contribution is -2.48. The van der Waals surface area contributed by atoms with Crippen LogP contribution in [0, 0.1) is 11.8 Å². The molecule has 1 aliphatic rings. The summed E-state index contributed by atoms with van der Waals surface area (Å²) in [6, 6.07) is -0.850. The molecule has 0 saturated carbocycles. The van der Waals surface area contributed by atoms with Crippen molar-refractivity contribution in [2.24, 2.45) is 11.8 Å². The van der Waals surface area contributed by atoms with Gasteiger partial charge < -0.3 is 24.2 Å². The summed E-state index contributed by atoms with van der Waals surface area (Å²) in [5.41, 5.74) is 0.749. The van der Waals surface area contributed by atoms with E-state index in [0.717, 1.165) is 24.8 Å². The van der Waals surface area contributed by atoms with Gasteiger partial charge in [-0.25, -0.2) is 14.4 Å². The average molecular weight is 540 g/mol. The quantitative estimate of drug-likeness (QED) is 0.133. The molecule has 218 valence electrons. The predicted octanol–water partition coefficient (Wildman–Crippen LogP) is 4.34. The summed E-state index contributed by atoms with van der Waals surface area (Å²) in [7, 11) is 1.19. The highest BCUT2D eigenvalue weighted by molar-refractivity contribution is 5.88. The highest BCUT2D eigenvalue weighted by Crippen LogP contribution is 2.26. The van der Waals surface area contributed by atoms with E-state index in [9.17, 15) is 24.3 Å².